The second kappa shape index (κ2) is 4.57. The Labute approximate surface area is 98.9 Å². The molecular formula is C13H12O4-2. The number of hydrogen-bond donors (Lipinski definition) is 0. The summed E-state index contributed by atoms with van der Waals surface area (Å²) in [6.07, 6.45) is 1.79. The second-order valence-electron chi connectivity index (χ2n) is 4.39. The van der Waals surface area contributed by atoms with E-state index >= 15 is 0 Å². The van der Waals surface area contributed by atoms with Gasteiger partial charge in [0, 0.05) is 17.9 Å². The summed E-state index contributed by atoms with van der Waals surface area (Å²) in [4.78, 5) is 21.3. The van der Waals surface area contributed by atoms with Crippen molar-refractivity contribution in [2.75, 3.05) is 0 Å². The third kappa shape index (κ3) is 2.84. The molecule has 4 nitrogen and oxygen atoms in total. The van der Waals surface area contributed by atoms with Gasteiger partial charge in [-0.15, -0.1) is 0 Å². The van der Waals surface area contributed by atoms with Crippen molar-refractivity contribution in [1.82, 2.24) is 0 Å². The SMILES string of the molecule is O=C([O-])C[C@H](C(=O)[O-])c1ccc(C2CC2)cc1. The molecule has 1 aliphatic rings. The Morgan fingerprint density at radius 3 is 2.18 bits per heavy atom. The van der Waals surface area contributed by atoms with Gasteiger partial charge in [0.2, 0.25) is 0 Å². The minimum absolute atomic E-state index is 0.457. The molecule has 0 N–H and O–H groups in total. The molecule has 0 spiro atoms. The predicted molar refractivity (Wildman–Crippen MR) is 55.8 cm³/mol. The summed E-state index contributed by atoms with van der Waals surface area (Å²) >= 11 is 0. The Balaban J connectivity index is 2.17. The van der Waals surface area contributed by atoms with Crippen molar-refractivity contribution in [1.29, 1.82) is 0 Å². The molecule has 17 heavy (non-hydrogen) atoms. The molecule has 1 aromatic rings. The van der Waals surface area contributed by atoms with Gasteiger partial charge in [-0.25, -0.2) is 0 Å². The standard InChI is InChI=1S/C13H14O4/c14-12(15)7-11(13(16)17)10-5-3-9(4-6-10)8-1-2-8/h3-6,8,11H,1-2,7H2,(H,14,15)(H,16,17)/p-2/t11-/m0/s1. The molecule has 0 saturated heterocycles. The third-order valence-electron chi connectivity index (χ3n) is 3.04. The highest BCUT2D eigenvalue weighted by Crippen LogP contribution is 2.40. The van der Waals surface area contributed by atoms with Crippen LogP contribution in [0.25, 0.3) is 0 Å². The second-order valence-corrected chi connectivity index (χ2v) is 4.39. The van der Waals surface area contributed by atoms with E-state index < -0.39 is 24.3 Å². The normalized spacial score (nSPS) is 16.5. The van der Waals surface area contributed by atoms with Crippen LogP contribution >= 0.6 is 0 Å². The zero-order chi connectivity index (χ0) is 12.4. The minimum Gasteiger partial charge on any atom is -0.550 e. The fraction of sp³-hybridized carbons (Fsp3) is 0.385. The van der Waals surface area contributed by atoms with Crippen LogP contribution in [0.15, 0.2) is 24.3 Å². The molecule has 0 amide bonds. The van der Waals surface area contributed by atoms with Gasteiger partial charge in [0.05, 0.1) is 0 Å². The average Bonchev–Trinajstić information content (AvgIpc) is 3.09. The molecule has 2 rings (SSSR count). The van der Waals surface area contributed by atoms with Gasteiger partial charge in [-0.05, 0) is 36.3 Å². The van der Waals surface area contributed by atoms with Crippen molar-refractivity contribution in [2.45, 2.75) is 31.1 Å². The van der Waals surface area contributed by atoms with Crippen molar-refractivity contribution in [3.63, 3.8) is 0 Å². The Morgan fingerprint density at radius 1 is 1.18 bits per heavy atom. The molecule has 0 aliphatic heterocycles. The van der Waals surface area contributed by atoms with Crippen LogP contribution < -0.4 is 10.2 Å². The number of benzene rings is 1. The third-order valence-corrected chi connectivity index (χ3v) is 3.04. The maximum atomic E-state index is 10.9. The summed E-state index contributed by atoms with van der Waals surface area (Å²) in [7, 11) is 0. The summed E-state index contributed by atoms with van der Waals surface area (Å²) in [5.74, 6) is -3.31. The largest absolute Gasteiger partial charge is 0.550 e. The van der Waals surface area contributed by atoms with Crippen LogP contribution in [0.1, 0.15) is 42.2 Å². The summed E-state index contributed by atoms with van der Waals surface area (Å²) in [5.41, 5.74) is 1.64. The molecule has 0 bridgehead atoms. The van der Waals surface area contributed by atoms with Gasteiger partial charge in [0.15, 0.2) is 0 Å². The highest BCUT2D eigenvalue weighted by atomic mass is 16.4. The van der Waals surface area contributed by atoms with Gasteiger partial charge in [-0.1, -0.05) is 24.3 Å². The molecule has 0 aromatic heterocycles. The summed E-state index contributed by atoms with van der Waals surface area (Å²) < 4.78 is 0. The first-order chi connectivity index (χ1) is 8.08. The first-order valence-electron chi connectivity index (χ1n) is 5.58. The van der Waals surface area contributed by atoms with E-state index in [0.29, 0.717) is 11.5 Å². The summed E-state index contributed by atoms with van der Waals surface area (Å²) in [6.45, 7) is 0. The van der Waals surface area contributed by atoms with Crippen molar-refractivity contribution in [3.05, 3.63) is 35.4 Å². The van der Waals surface area contributed by atoms with Gasteiger partial charge >= 0.3 is 0 Å². The Kier molecular flexibility index (Phi) is 3.13. The molecule has 1 aliphatic carbocycles. The molecule has 90 valence electrons. The molecule has 4 heteroatoms. The molecule has 1 saturated carbocycles. The molecule has 0 heterocycles. The number of carbonyl (C=O) groups excluding carboxylic acids is 2. The predicted octanol–water partition coefficient (Wildman–Crippen LogP) is -0.462. The molecule has 1 atom stereocenters. The Bertz CT molecular complexity index is 431. The number of carbonyl (C=O) groups is 2. The van der Waals surface area contributed by atoms with Crippen LogP contribution in [0.3, 0.4) is 0 Å². The summed E-state index contributed by atoms with van der Waals surface area (Å²) in [6, 6.07) is 7.05. The van der Waals surface area contributed by atoms with Gasteiger partial charge in [-0.2, -0.15) is 0 Å². The maximum Gasteiger partial charge on any atom is 0.0493 e. The van der Waals surface area contributed by atoms with Crippen LogP contribution in [0.5, 0.6) is 0 Å². The number of aliphatic carboxylic acids is 2. The van der Waals surface area contributed by atoms with Crippen LogP contribution in [0, 0.1) is 0 Å². The fourth-order valence-corrected chi connectivity index (χ4v) is 1.92. The number of carboxylic acids is 2. The summed E-state index contributed by atoms with van der Waals surface area (Å²) in [5, 5.41) is 21.3. The number of rotatable bonds is 5. The highest BCUT2D eigenvalue weighted by Gasteiger charge is 2.23. The highest BCUT2D eigenvalue weighted by molar-refractivity contribution is 5.80. The smallest absolute Gasteiger partial charge is 0.0493 e. The van der Waals surface area contributed by atoms with Crippen molar-refractivity contribution in [3.8, 4) is 0 Å². The van der Waals surface area contributed by atoms with Gasteiger partial charge in [-0.3, -0.25) is 0 Å². The lowest BCUT2D eigenvalue weighted by Crippen LogP contribution is -2.34. The first kappa shape index (κ1) is 11.6. The zero-order valence-electron chi connectivity index (χ0n) is 9.22. The first-order valence-corrected chi connectivity index (χ1v) is 5.58. The van der Waals surface area contributed by atoms with Crippen molar-refractivity contribution < 1.29 is 19.8 Å². The topological polar surface area (TPSA) is 80.3 Å². The quantitative estimate of drug-likeness (QED) is 0.687. The van der Waals surface area contributed by atoms with E-state index in [-0.39, 0.29) is 0 Å². The van der Waals surface area contributed by atoms with E-state index in [4.69, 9.17) is 0 Å². The monoisotopic (exact) mass is 232 g/mol. The molecule has 0 unspecified atom stereocenters. The van der Waals surface area contributed by atoms with E-state index in [1.165, 1.54) is 18.4 Å². The molecule has 0 radical (unpaired) electrons. The lowest BCUT2D eigenvalue weighted by atomic mass is 9.94. The Morgan fingerprint density at radius 2 is 1.76 bits per heavy atom. The van der Waals surface area contributed by atoms with Crippen molar-refractivity contribution >= 4 is 11.9 Å². The van der Waals surface area contributed by atoms with E-state index in [1.54, 1.807) is 12.1 Å². The lowest BCUT2D eigenvalue weighted by molar-refractivity contribution is -0.317. The maximum absolute atomic E-state index is 10.9. The minimum atomic E-state index is -1.38. The molecule has 1 fully saturated rings. The average molecular weight is 232 g/mol. The van der Waals surface area contributed by atoms with E-state index in [0.717, 1.165) is 0 Å². The van der Waals surface area contributed by atoms with Crippen LogP contribution in [0.2, 0.25) is 0 Å². The van der Waals surface area contributed by atoms with Crippen molar-refractivity contribution in [2.24, 2.45) is 0 Å². The fourth-order valence-electron chi connectivity index (χ4n) is 1.92. The number of hydrogen-bond acceptors (Lipinski definition) is 4. The van der Waals surface area contributed by atoms with Crippen LogP contribution in [-0.4, -0.2) is 11.9 Å². The van der Waals surface area contributed by atoms with E-state index in [1.807, 2.05) is 12.1 Å². The zero-order valence-corrected chi connectivity index (χ0v) is 9.22. The Hall–Kier alpha value is -1.84. The van der Waals surface area contributed by atoms with E-state index in [2.05, 4.69) is 0 Å². The molecular weight excluding hydrogens is 220 g/mol. The van der Waals surface area contributed by atoms with Gasteiger partial charge < -0.3 is 19.8 Å². The van der Waals surface area contributed by atoms with Gasteiger partial charge in [0.25, 0.3) is 0 Å². The van der Waals surface area contributed by atoms with Crippen LogP contribution in [-0.2, 0) is 9.59 Å². The number of carboxylic acid groups (broad SMARTS) is 2. The van der Waals surface area contributed by atoms with Gasteiger partial charge in [0.1, 0.15) is 0 Å². The van der Waals surface area contributed by atoms with Crippen LogP contribution in [0.4, 0.5) is 0 Å². The lowest BCUT2D eigenvalue weighted by Gasteiger charge is -2.19. The molecule has 1 aromatic carbocycles. The van der Waals surface area contributed by atoms with E-state index in [9.17, 15) is 19.8 Å².